The van der Waals surface area contributed by atoms with Crippen LogP contribution in [0.15, 0.2) is 30.3 Å². The van der Waals surface area contributed by atoms with Gasteiger partial charge in [0.2, 0.25) is 5.91 Å². The van der Waals surface area contributed by atoms with Gasteiger partial charge in [0.05, 0.1) is 0 Å². The Kier molecular flexibility index (Phi) is 4.76. The average Bonchev–Trinajstić information content (AvgIpc) is 2.45. The minimum atomic E-state index is -0.725. The molecule has 0 aliphatic carbocycles. The topological polar surface area (TPSA) is 66.9 Å². The van der Waals surface area contributed by atoms with Crippen molar-refractivity contribution >= 4 is 23.2 Å². The van der Waals surface area contributed by atoms with Gasteiger partial charge in [0.25, 0.3) is 0 Å². The minimum absolute atomic E-state index is 0.160. The Labute approximate surface area is 120 Å². The van der Waals surface area contributed by atoms with E-state index < -0.39 is 11.6 Å². The molecule has 0 atom stereocenters. The third kappa shape index (κ3) is 3.95. The highest BCUT2D eigenvalue weighted by Crippen LogP contribution is 2.21. The largest absolute Gasteiger partial charge is 0.334 e. The molecule has 110 valence electrons. The predicted molar refractivity (Wildman–Crippen MR) is 75.2 cm³/mol. The first-order valence-corrected chi connectivity index (χ1v) is 6.44. The van der Waals surface area contributed by atoms with Gasteiger partial charge in [-0.05, 0) is 30.7 Å². The highest BCUT2D eigenvalue weighted by Gasteiger charge is 2.09. The Morgan fingerprint density at radius 2 is 1.71 bits per heavy atom. The lowest BCUT2D eigenvalue weighted by molar-refractivity contribution is -0.116. The van der Waals surface area contributed by atoms with Crippen molar-refractivity contribution in [1.82, 2.24) is 10.2 Å². The molecule has 5 nitrogen and oxygen atoms in total. The minimum Gasteiger partial charge on any atom is -0.334 e. The summed E-state index contributed by atoms with van der Waals surface area (Å²) in [4.78, 5) is 11.4. The van der Waals surface area contributed by atoms with Crippen LogP contribution in [-0.2, 0) is 4.79 Å². The second-order valence-corrected chi connectivity index (χ2v) is 4.32. The predicted octanol–water partition coefficient (Wildman–Crippen LogP) is 3.24. The number of halogens is 2. The van der Waals surface area contributed by atoms with Gasteiger partial charge in [-0.3, -0.25) is 4.79 Å². The zero-order valence-corrected chi connectivity index (χ0v) is 11.4. The van der Waals surface area contributed by atoms with Gasteiger partial charge in [0, 0.05) is 6.42 Å². The van der Waals surface area contributed by atoms with Crippen LogP contribution in [0, 0.1) is 11.6 Å². The Balaban J connectivity index is 2.07. The quantitative estimate of drug-likeness (QED) is 0.887. The summed E-state index contributed by atoms with van der Waals surface area (Å²) in [6.07, 6.45) is 1.12. The van der Waals surface area contributed by atoms with Crippen LogP contribution in [0.3, 0.4) is 0 Å². The van der Waals surface area contributed by atoms with Gasteiger partial charge < -0.3 is 10.6 Å². The smallest absolute Gasteiger partial charge is 0.225 e. The first-order chi connectivity index (χ1) is 10.1. The van der Waals surface area contributed by atoms with E-state index >= 15 is 0 Å². The molecule has 0 fully saturated rings. The van der Waals surface area contributed by atoms with E-state index in [0.29, 0.717) is 6.42 Å². The Morgan fingerprint density at radius 1 is 1.10 bits per heavy atom. The molecule has 1 heterocycles. The molecule has 0 aliphatic heterocycles. The van der Waals surface area contributed by atoms with Crippen molar-refractivity contribution in [2.24, 2.45) is 0 Å². The number of carbonyl (C=O) groups excluding carboxylic acids is 1. The zero-order valence-electron chi connectivity index (χ0n) is 11.4. The van der Waals surface area contributed by atoms with E-state index in [1.165, 1.54) is 18.2 Å². The Morgan fingerprint density at radius 3 is 2.29 bits per heavy atom. The van der Waals surface area contributed by atoms with E-state index in [4.69, 9.17) is 0 Å². The fourth-order valence-electron chi connectivity index (χ4n) is 1.64. The summed E-state index contributed by atoms with van der Waals surface area (Å²) in [7, 11) is 0. The van der Waals surface area contributed by atoms with Crippen LogP contribution in [0.2, 0.25) is 0 Å². The van der Waals surface area contributed by atoms with Crippen LogP contribution in [0.4, 0.5) is 26.1 Å². The molecular weight excluding hydrogens is 278 g/mol. The third-order valence-electron chi connectivity index (χ3n) is 2.62. The molecular formula is C14H14F2N4O. The summed E-state index contributed by atoms with van der Waals surface area (Å²) in [5, 5.41) is 12.6. The average molecular weight is 292 g/mol. The molecule has 1 aromatic carbocycles. The van der Waals surface area contributed by atoms with Crippen molar-refractivity contribution < 1.29 is 13.6 Å². The van der Waals surface area contributed by atoms with Gasteiger partial charge in [-0.25, -0.2) is 8.78 Å². The SMILES string of the molecule is CCCC(=O)Nc1ccc(Nc2c(F)cccc2F)nn1. The fraction of sp³-hybridized carbons (Fsp3) is 0.214. The molecule has 0 radical (unpaired) electrons. The standard InChI is InChI=1S/C14H14F2N4O/c1-2-4-13(21)17-11-7-8-12(20-19-11)18-14-9(15)5-3-6-10(14)16/h3,5-8H,2,4H2,1H3,(H,18,20)(H,17,19,21). The number of anilines is 3. The molecule has 21 heavy (non-hydrogen) atoms. The van der Waals surface area contributed by atoms with E-state index in [1.54, 1.807) is 0 Å². The molecule has 0 saturated carbocycles. The number of hydrogen-bond acceptors (Lipinski definition) is 4. The molecule has 0 spiro atoms. The highest BCUT2D eigenvalue weighted by molar-refractivity contribution is 5.89. The Bertz CT molecular complexity index is 611. The molecule has 0 bridgehead atoms. The van der Waals surface area contributed by atoms with Crippen LogP contribution in [0.5, 0.6) is 0 Å². The highest BCUT2D eigenvalue weighted by atomic mass is 19.1. The van der Waals surface area contributed by atoms with Gasteiger partial charge in [-0.15, -0.1) is 10.2 Å². The summed E-state index contributed by atoms with van der Waals surface area (Å²) in [6.45, 7) is 1.89. The second kappa shape index (κ2) is 6.74. The summed E-state index contributed by atoms with van der Waals surface area (Å²) in [6, 6.07) is 6.52. The van der Waals surface area contributed by atoms with E-state index in [2.05, 4.69) is 20.8 Å². The maximum Gasteiger partial charge on any atom is 0.225 e. The zero-order chi connectivity index (χ0) is 15.2. The lowest BCUT2D eigenvalue weighted by Crippen LogP contribution is -2.12. The first kappa shape index (κ1) is 14.8. The molecule has 0 aliphatic rings. The number of rotatable bonds is 5. The van der Waals surface area contributed by atoms with Crippen molar-refractivity contribution in [3.05, 3.63) is 42.0 Å². The van der Waals surface area contributed by atoms with E-state index in [9.17, 15) is 13.6 Å². The number of aromatic nitrogens is 2. The maximum absolute atomic E-state index is 13.5. The van der Waals surface area contributed by atoms with Crippen molar-refractivity contribution in [3.8, 4) is 0 Å². The number of carbonyl (C=O) groups is 1. The van der Waals surface area contributed by atoms with Crippen LogP contribution in [-0.4, -0.2) is 16.1 Å². The number of amides is 1. The van der Waals surface area contributed by atoms with Crippen LogP contribution in [0.25, 0.3) is 0 Å². The third-order valence-corrected chi connectivity index (χ3v) is 2.62. The second-order valence-electron chi connectivity index (χ2n) is 4.32. The summed E-state index contributed by atoms with van der Waals surface area (Å²) >= 11 is 0. The summed E-state index contributed by atoms with van der Waals surface area (Å²) < 4.78 is 26.9. The van der Waals surface area contributed by atoms with Gasteiger partial charge in [-0.1, -0.05) is 13.0 Å². The summed E-state index contributed by atoms with van der Waals surface area (Å²) in [5.41, 5.74) is -0.297. The fourth-order valence-corrected chi connectivity index (χ4v) is 1.64. The van der Waals surface area contributed by atoms with Crippen molar-refractivity contribution in [3.63, 3.8) is 0 Å². The Hall–Kier alpha value is -2.57. The van der Waals surface area contributed by atoms with Gasteiger partial charge in [0.1, 0.15) is 17.3 Å². The number of nitrogens with zero attached hydrogens (tertiary/aromatic N) is 2. The molecule has 0 saturated heterocycles. The van der Waals surface area contributed by atoms with Crippen molar-refractivity contribution in [2.45, 2.75) is 19.8 Å². The number of benzene rings is 1. The van der Waals surface area contributed by atoms with Crippen LogP contribution in [0.1, 0.15) is 19.8 Å². The summed E-state index contributed by atoms with van der Waals surface area (Å²) in [5.74, 6) is -1.15. The van der Waals surface area contributed by atoms with Crippen molar-refractivity contribution in [1.29, 1.82) is 0 Å². The lowest BCUT2D eigenvalue weighted by Gasteiger charge is -2.08. The molecule has 0 unspecified atom stereocenters. The van der Waals surface area contributed by atoms with Gasteiger partial charge in [0.15, 0.2) is 11.6 Å². The normalized spacial score (nSPS) is 10.2. The number of nitrogens with one attached hydrogen (secondary N) is 2. The molecule has 1 aromatic heterocycles. The monoisotopic (exact) mass is 292 g/mol. The first-order valence-electron chi connectivity index (χ1n) is 6.44. The van der Waals surface area contributed by atoms with E-state index in [-0.39, 0.29) is 23.2 Å². The van der Waals surface area contributed by atoms with Crippen molar-refractivity contribution in [2.75, 3.05) is 10.6 Å². The molecule has 2 N–H and O–H groups in total. The number of para-hydroxylation sites is 1. The van der Waals surface area contributed by atoms with E-state index in [0.717, 1.165) is 18.6 Å². The van der Waals surface area contributed by atoms with E-state index in [1.807, 2.05) is 6.92 Å². The van der Waals surface area contributed by atoms with Crippen LogP contribution < -0.4 is 10.6 Å². The van der Waals surface area contributed by atoms with Crippen LogP contribution >= 0.6 is 0 Å². The lowest BCUT2D eigenvalue weighted by atomic mass is 10.3. The molecule has 7 heteroatoms. The maximum atomic E-state index is 13.5. The number of hydrogen-bond donors (Lipinski definition) is 2. The van der Waals surface area contributed by atoms with Gasteiger partial charge in [-0.2, -0.15) is 0 Å². The van der Waals surface area contributed by atoms with Gasteiger partial charge >= 0.3 is 0 Å². The molecule has 2 aromatic rings. The molecule has 2 rings (SSSR count). The molecule has 1 amide bonds.